The van der Waals surface area contributed by atoms with Crippen LogP contribution in [0.2, 0.25) is 0 Å². The molecule has 25 heavy (non-hydrogen) atoms. The van der Waals surface area contributed by atoms with E-state index in [1.165, 1.54) is 0 Å². The maximum absolute atomic E-state index is 12.3. The molecular weight excluding hydrogens is 318 g/mol. The minimum absolute atomic E-state index is 0.00592. The predicted octanol–water partition coefficient (Wildman–Crippen LogP) is 3.82. The van der Waals surface area contributed by atoms with Crippen molar-refractivity contribution in [2.75, 3.05) is 0 Å². The van der Waals surface area contributed by atoms with Crippen LogP contribution < -0.4 is 11.2 Å². The zero-order valence-corrected chi connectivity index (χ0v) is 15.2. The van der Waals surface area contributed by atoms with E-state index in [9.17, 15) is 14.4 Å². The van der Waals surface area contributed by atoms with Crippen LogP contribution in [0.5, 0.6) is 0 Å². The number of hydrogen-bond donors (Lipinski definition) is 2. The summed E-state index contributed by atoms with van der Waals surface area (Å²) in [6.45, 7) is 5.85. The van der Waals surface area contributed by atoms with Gasteiger partial charge in [-0.3, -0.25) is 9.59 Å². The summed E-state index contributed by atoms with van der Waals surface area (Å²) in [4.78, 5) is 35.6. The first-order chi connectivity index (χ1) is 11.9. The molecule has 6 heteroatoms. The number of carbonyl (C=O) groups excluding carboxylic acids is 3. The Hall–Kier alpha value is -2.50. The summed E-state index contributed by atoms with van der Waals surface area (Å²) < 4.78 is 0. The molecule has 0 unspecified atom stereocenters. The van der Waals surface area contributed by atoms with Crippen LogP contribution in [0.15, 0.2) is 23.3 Å². The summed E-state index contributed by atoms with van der Waals surface area (Å²) in [5.74, 6) is -0.0118. The lowest BCUT2D eigenvalue weighted by molar-refractivity contribution is 0.0981. The quantitative estimate of drug-likeness (QED) is 0.383. The van der Waals surface area contributed by atoms with E-state index in [4.69, 9.17) is 5.73 Å². The van der Waals surface area contributed by atoms with Crippen LogP contribution >= 0.6 is 0 Å². The number of ketones is 2. The Kier molecular flexibility index (Phi) is 8.53. The highest BCUT2D eigenvalue weighted by atomic mass is 16.2. The number of primary amides is 1. The first-order valence-electron chi connectivity index (χ1n) is 8.76. The molecule has 136 valence electrons. The van der Waals surface area contributed by atoms with Gasteiger partial charge >= 0.3 is 6.03 Å². The Morgan fingerprint density at radius 3 is 1.68 bits per heavy atom. The fourth-order valence-electron chi connectivity index (χ4n) is 2.48. The summed E-state index contributed by atoms with van der Waals surface area (Å²) in [6.07, 6.45) is 3.70. The number of hydrogen-bond acceptors (Lipinski definition) is 4. The van der Waals surface area contributed by atoms with E-state index in [2.05, 4.69) is 10.5 Å². The Morgan fingerprint density at radius 1 is 0.840 bits per heavy atom. The van der Waals surface area contributed by atoms with E-state index in [0.29, 0.717) is 41.7 Å². The van der Waals surface area contributed by atoms with Crippen LogP contribution in [-0.4, -0.2) is 23.3 Å². The topological polar surface area (TPSA) is 102 Å². The lowest BCUT2D eigenvalue weighted by Gasteiger charge is -2.11. The molecule has 0 bridgehead atoms. The largest absolute Gasteiger partial charge is 0.350 e. The summed E-state index contributed by atoms with van der Waals surface area (Å²) in [7, 11) is 0. The summed E-state index contributed by atoms with van der Waals surface area (Å²) >= 11 is 0. The van der Waals surface area contributed by atoms with Gasteiger partial charge in [0.25, 0.3) is 0 Å². The summed E-state index contributed by atoms with van der Waals surface area (Å²) in [6, 6.07) is 4.37. The lowest BCUT2D eigenvalue weighted by Crippen LogP contribution is -2.26. The van der Waals surface area contributed by atoms with Gasteiger partial charge in [0, 0.05) is 24.0 Å². The maximum atomic E-state index is 12.3. The highest BCUT2D eigenvalue weighted by molar-refractivity contribution is 6.07. The van der Waals surface area contributed by atoms with E-state index in [1.807, 2.05) is 20.8 Å². The number of nitrogens with zero attached hydrogens (tertiary/aromatic N) is 1. The standard InChI is InChI=1S/C19H27N3O3/c1-4-7-16(21-22-19(20)25)13-10-14(17(23)8-5-2)12-15(11-13)18(24)9-6-3/h10-12H,4-9H2,1-3H3,(H3,20,22,25)/b21-16+. The number of hydrazone groups is 1. The molecule has 0 aromatic heterocycles. The van der Waals surface area contributed by atoms with Gasteiger partial charge in [0.05, 0.1) is 5.71 Å². The lowest BCUT2D eigenvalue weighted by atomic mass is 9.94. The number of carbonyl (C=O) groups is 3. The Morgan fingerprint density at radius 2 is 1.28 bits per heavy atom. The van der Waals surface area contributed by atoms with Crippen LogP contribution in [0, 0.1) is 0 Å². The van der Waals surface area contributed by atoms with Gasteiger partial charge in [-0.05, 0) is 43.0 Å². The van der Waals surface area contributed by atoms with Gasteiger partial charge in [-0.2, -0.15) is 5.10 Å². The molecule has 0 atom stereocenters. The van der Waals surface area contributed by atoms with Crippen molar-refractivity contribution in [3.05, 3.63) is 34.9 Å². The third-order valence-electron chi connectivity index (χ3n) is 3.65. The SMILES string of the molecule is CCCC(=O)c1cc(C(=O)CCC)cc(/C(CCC)=N/NC(N)=O)c1. The van der Waals surface area contributed by atoms with Crippen molar-refractivity contribution < 1.29 is 14.4 Å². The first-order valence-corrected chi connectivity index (χ1v) is 8.76. The van der Waals surface area contributed by atoms with Gasteiger partial charge in [0.1, 0.15) is 0 Å². The minimum atomic E-state index is -0.755. The van der Waals surface area contributed by atoms with Crippen LogP contribution in [-0.2, 0) is 0 Å². The van der Waals surface area contributed by atoms with Gasteiger partial charge < -0.3 is 5.73 Å². The molecule has 0 aliphatic rings. The van der Waals surface area contributed by atoms with Gasteiger partial charge in [-0.15, -0.1) is 0 Å². The second kappa shape index (κ2) is 10.4. The zero-order valence-electron chi connectivity index (χ0n) is 15.2. The van der Waals surface area contributed by atoms with E-state index >= 15 is 0 Å². The molecule has 0 aliphatic carbocycles. The molecule has 0 saturated heterocycles. The molecule has 0 heterocycles. The van der Waals surface area contributed by atoms with E-state index in [-0.39, 0.29) is 11.6 Å². The number of amides is 2. The number of Topliss-reactive ketones (excluding diaryl/α,β-unsaturated/α-hetero) is 2. The highest BCUT2D eigenvalue weighted by Crippen LogP contribution is 2.18. The number of nitrogens with one attached hydrogen (secondary N) is 1. The second-order valence-corrected chi connectivity index (χ2v) is 5.93. The fourth-order valence-corrected chi connectivity index (χ4v) is 2.48. The first kappa shape index (κ1) is 20.5. The van der Waals surface area contributed by atoms with Crippen molar-refractivity contribution in [2.45, 2.75) is 59.3 Å². The van der Waals surface area contributed by atoms with Crippen LogP contribution in [0.25, 0.3) is 0 Å². The maximum Gasteiger partial charge on any atom is 0.332 e. The van der Waals surface area contributed by atoms with E-state index < -0.39 is 6.03 Å². The normalized spacial score (nSPS) is 11.2. The molecular formula is C19H27N3O3. The Balaban J connectivity index is 3.39. The smallest absolute Gasteiger partial charge is 0.332 e. The average Bonchev–Trinajstić information content (AvgIpc) is 2.58. The van der Waals surface area contributed by atoms with Gasteiger partial charge in [-0.1, -0.05) is 27.2 Å². The highest BCUT2D eigenvalue weighted by Gasteiger charge is 2.15. The van der Waals surface area contributed by atoms with Crippen molar-refractivity contribution in [3.63, 3.8) is 0 Å². The number of benzene rings is 1. The minimum Gasteiger partial charge on any atom is -0.350 e. The zero-order chi connectivity index (χ0) is 18.8. The monoisotopic (exact) mass is 345 g/mol. The number of rotatable bonds is 10. The third kappa shape index (κ3) is 6.49. The molecule has 0 spiro atoms. The van der Waals surface area contributed by atoms with E-state index in [1.54, 1.807) is 18.2 Å². The Bertz CT molecular complexity index is 630. The van der Waals surface area contributed by atoms with Crippen molar-refractivity contribution in [3.8, 4) is 0 Å². The molecule has 2 amide bonds. The summed E-state index contributed by atoms with van der Waals surface area (Å²) in [5, 5.41) is 4.05. The van der Waals surface area contributed by atoms with Gasteiger partial charge in [0.2, 0.25) is 0 Å². The molecule has 1 aromatic carbocycles. The van der Waals surface area contributed by atoms with Crippen LogP contribution in [0.4, 0.5) is 4.79 Å². The number of nitrogens with two attached hydrogens (primary N) is 1. The Labute approximate surface area is 148 Å². The molecule has 0 aliphatic heterocycles. The fraction of sp³-hybridized carbons (Fsp3) is 0.474. The molecule has 1 rings (SSSR count). The van der Waals surface area contributed by atoms with Crippen molar-refractivity contribution >= 4 is 23.3 Å². The molecule has 3 N–H and O–H groups in total. The second-order valence-electron chi connectivity index (χ2n) is 5.93. The molecule has 6 nitrogen and oxygen atoms in total. The molecule has 0 fully saturated rings. The molecule has 0 radical (unpaired) electrons. The van der Waals surface area contributed by atoms with Gasteiger partial charge in [-0.25, -0.2) is 10.2 Å². The number of urea groups is 1. The predicted molar refractivity (Wildman–Crippen MR) is 99.1 cm³/mol. The van der Waals surface area contributed by atoms with Crippen molar-refractivity contribution in [1.29, 1.82) is 0 Å². The molecule has 0 saturated carbocycles. The van der Waals surface area contributed by atoms with Crippen LogP contribution in [0.1, 0.15) is 85.6 Å². The van der Waals surface area contributed by atoms with Crippen molar-refractivity contribution in [1.82, 2.24) is 5.43 Å². The third-order valence-corrected chi connectivity index (χ3v) is 3.65. The van der Waals surface area contributed by atoms with Crippen molar-refractivity contribution in [2.24, 2.45) is 10.8 Å². The van der Waals surface area contributed by atoms with Gasteiger partial charge in [0.15, 0.2) is 11.6 Å². The summed E-state index contributed by atoms with van der Waals surface area (Å²) in [5.41, 5.74) is 9.58. The average molecular weight is 345 g/mol. The molecule has 1 aromatic rings. The van der Waals surface area contributed by atoms with E-state index in [0.717, 1.165) is 19.3 Å². The van der Waals surface area contributed by atoms with Crippen LogP contribution in [0.3, 0.4) is 0 Å².